The van der Waals surface area contributed by atoms with Crippen molar-refractivity contribution >= 4 is 52.3 Å². The molecular formula is C12H17N7OS2. The van der Waals surface area contributed by atoms with E-state index in [1.807, 2.05) is 0 Å². The molecule has 0 unspecified atom stereocenters. The molecular weight excluding hydrogens is 322 g/mol. The minimum atomic E-state index is 0.244. The Bertz CT molecular complexity index is 593. The van der Waals surface area contributed by atoms with E-state index in [0.717, 1.165) is 0 Å². The fourth-order valence-electron chi connectivity index (χ4n) is 1.03. The number of nitrogens with one attached hydrogen (secondary N) is 4. The first-order valence-electron chi connectivity index (χ1n) is 6.22. The highest BCUT2D eigenvalue weighted by Gasteiger charge is 1.98. The Labute approximate surface area is 139 Å². The van der Waals surface area contributed by atoms with Gasteiger partial charge in [0.25, 0.3) is 0 Å². The number of rotatable bonds is 5. The smallest absolute Gasteiger partial charge is 0.207 e. The number of thiocarbonyl (C=S) groups is 2. The van der Waals surface area contributed by atoms with E-state index in [1.165, 1.54) is 6.21 Å². The van der Waals surface area contributed by atoms with Gasteiger partial charge in [0.2, 0.25) is 5.11 Å². The Morgan fingerprint density at radius 3 is 2.27 bits per heavy atom. The predicted molar refractivity (Wildman–Crippen MR) is 96.2 cm³/mol. The molecule has 0 bridgehead atoms. The zero-order valence-corrected chi connectivity index (χ0v) is 14.0. The normalized spacial score (nSPS) is 12.1. The summed E-state index contributed by atoms with van der Waals surface area (Å²) < 4.78 is 5.08. The number of hydrogen-bond donors (Lipinski definition) is 4. The molecule has 0 fully saturated rings. The SMILES string of the molecule is CNC(=S)N/N=C(C)/C(C)=N/NC(=S)N/N=C/c1ccco1. The van der Waals surface area contributed by atoms with Crippen LogP contribution in [0.2, 0.25) is 0 Å². The van der Waals surface area contributed by atoms with Crippen molar-refractivity contribution in [3.63, 3.8) is 0 Å². The van der Waals surface area contributed by atoms with Crippen LogP contribution in [-0.2, 0) is 0 Å². The number of hydrogen-bond acceptors (Lipinski definition) is 6. The topological polar surface area (TPSA) is 98.3 Å². The number of hydrazone groups is 3. The average molecular weight is 339 g/mol. The van der Waals surface area contributed by atoms with Crippen LogP contribution in [-0.4, -0.2) is 34.9 Å². The molecule has 0 aliphatic heterocycles. The summed E-state index contributed by atoms with van der Waals surface area (Å²) in [6, 6.07) is 3.54. The first-order chi connectivity index (χ1) is 10.5. The van der Waals surface area contributed by atoms with Crippen molar-refractivity contribution in [2.45, 2.75) is 13.8 Å². The molecule has 0 atom stereocenters. The summed E-state index contributed by atoms with van der Waals surface area (Å²) in [5, 5.41) is 15.4. The minimum absolute atomic E-state index is 0.244. The lowest BCUT2D eigenvalue weighted by atomic mass is 10.3. The van der Waals surface area contributed by atoms with Crippen molar-refractivity contribution in [2.24, 2.45) is 15.3 Å². The molecule has 4 N–H and O–H groups in total. The first kappa shape index (κ1) is 17.7. The van der Waals surface area contributed by atoms with E-state index in [1.54, 1.807) is 39.3 Å². The van der Waals surface area contributed by atoms with Crippen LogP contribution >= 0.6 is 24.4 Å². The summed E-state index contributed by atoms with van der Waals surface area (Å²) in [6.45, 7) is 3.57. The zero-order chi connectivity index (χ0) is 16.4. The van der Waals surface area contributed by atoms with Crippen molar-refractivity contribution in [1.29, 1.82) is 0 Å². The molecule has 10 heteroatoms. The summed E-state index contributed by atoms with van der Waals surface area (Å²) in [5.74, 6) is 0.615. The van der Waals surface area contributed by atoms with Gasteiger partial charge in [0.05, 0.1) is 23.9 Å². The van der Waals surface area contributed by atoms with Gasteiger partial charge in [-0.05, 0) is 50.4 Å². The van der Waals surface area contributed by atoms with Gasteiger partial charge in [-0.2, -0.15) is 15.3 Å². The average Bonchev–Trinajstić information content (AvgIpc) is 3.03. The van der Waals surface area contributed by atoms with Gasteiger partial charge in [0.1, 0.15) is 5.76 Å². The van der Waals surface area contributed by atoms with E-state index >= 15 is 0 Å². The van der Waals surface area contributed by atoms with Crippen LogP contribution in [0.5, 0.6) is 0 Å². The molecule has 22 heavy (non-hydrogen) atoms. The fraction of sp³-hybridized carbons (Fsp3) is 0.250. The van der Waals surface area contributed by atoms with Gasteiger partial charge in [0.15, 0.2) is 5.11 Å². The van der Waals surface area contributed by atoms with Gasteiger partial charge in [-0.25, -0.2) is 0 Å². The number of nitrogens with zero attached hydrogens (tertiary/aromatic N) is 3. The van der Waals surface area contributed by atoms with Gasteiger partial charge in [-0.15, -0.1) is 0 Å². The van der Waals surface area contributed by atoms with Gasteiger partial charge < -0.3 is 9.73 Å². The van der Waals surface area contributed by atoms with E-state index < -0.39 is 0 Å². The van der Waals surface area contributed by atoms with E-state index in [9.17, 15) is 0 Å². The molecule has 0 amide bonds. The van der Waals surface area contributed by atoms with Crippen molar-refractivity contribution in [3.8, 4) is 0 Å². The van der Waals surface area contributed by atoms with E-state index in [0.29, 0.717) is 22.3 Å². The van der Waals surface area contributed by atoms with Crippen LogP contribution in [0.25, 0.3) is 0 Å². The predicted octanol–water partition coefficient (Wildman–Crippen LogP) is 0.923. The van der Waals surface area contributed by atoms with Crippen LogP contribution in [0.1, 0.15) is 19.6 Å². The van der Waals surface area contributed by atoms with Crippen molar-refractivity contribution in [2.75, 3.05) is 7.05 Å². The molecule has 1 aromatic rings. The maximum atomic E-state index is 5.08. The Morgan fingerprint density at radius 1 is 1.09 bits per heavy atom. The Morgan fingerprint density at radius 2 is 1.73 bits per heavy atom. The van der Waals surface area contributed by atoms with Crippen LogP contribution < -0.4 is 21.6 Å². The van der Waals surface area contributed by atoms with Crippen LogP contribution in [0.3, 0.4) is 0 Å². The lowest BCUT2D eigenvalue weighted by Crippen LogP contribution is -2.31. The van der Waals surface area contributed by atoms with Crippen molar-refractivity contribution in [1.82, 2.24) is 21.6 Å². The molecule has 0 aliphatic rings. The van der Waals surface area contributed by atoms with Crippen LogP contribution in [0.15, 0.2) is 38.1 Å². The first-order valence-corrected chi connectivity index (χ1v) is 7.03. The van der Waals surface area contributed by atoms with E-state index in [-0.39, 0.29) is 5.11 Å². The highest BCUT2D eigenvalue weighted by atomic mass is 32.1. The van der Waals surface area contributed by atoms with Gasteiger partial charge >= 0.3 is 0 Å². The zero-order valence-electron chi connectivity index (χ0n) is 12.4. The number of furan rings is 1. The fourth-order valence-corrected chi connectivity index (χ4v) is 1.18. The van der Waals surface area contributed by atoms with Crippen LogP contribution in [0, 0.1) is 0 Å². The standard InChI is InChI=1S/C12H17N7OS2/c1-8(15-18-11(21)13-3)9(2)16-19-12(22)17-14-7-10-5-4-6-20-10/h4-7H,1-3H3,(H2,13,18,21)(H2,17,19,22)/b14-7+,15-8+,16-9+. The molecule has 0 radical (unpaired) electrons. The third kappa shape index (κ3) is 6.90. The van der Waals surface area contributed by atoms with E-state index in [4.69, 9.17) is 28.9 Å². The summed E-state index contributed by atoms with van der Waals surface area (Å²) in [7, 11) is 1.70. The second kappa shape index (κ2) is 9.58. The monoisotopic (exact) mass is 339 g/mol. The van der Waals surface area contributed by atoms with Gasteiger partial charge in [-0.1, -0.05) is 0 Å². The summed E-state index contributed by atoms with van der Waals surface area (Å²) >= 11 is 9.93. The molecule has 0 saturated heterocycles. The molecule has 8 nitrogen and oxygen atoms in total. The minimum Gasteiger partial charge on any atom is -0.463 e. The Kier molecular flexibility index (Phi) is 7.72. The van der Waals surface area contributed by atoms with Gasteiger partial charge in [0, 0.05) is 7.05 Å². The molecule has 0 aromatic carbocycles. The molecule has 0 saturated carbocycles. The highest BCUT2D eigenvalue weighted by Crippen LogP contribution is 1.94. The molecule has 0 aliphatic carbocycles. The summed E-state index contributed by atoms with van der Waals surface area (Å²) in [6.07, 6.45) is 3.06. The second-order valence-corrected chi connectivity index (χ2v) is 4.73. The molecule has 0 spiro atoms. The highest BCUT2D eigenvalue weighted by molar-refractivity contribution is 7.80. The maximum Gasteiger partial charge on any atom is 0.207 e. The molecule has 1 aromatic heterocycles. The second-order valence-electron chi connectivity index (χ2n) is 3.91. The Hall–Kier alpha value is -2.33. The van der Waals surface area contributed by atoms with Crippen molar-refractivity contribution in [3.05, 3.63) is 24.2 Å². The maximum absolute atomic E-state index is 5.08. The molecule has 118 valence electrons. The van der Waals surface area contributed by atoms with Crippen molar-refractivity contribution < 1.29 is 4.42 Å². The Balaban J connectivity index is 2.41. The summed E-state index contributed by atoms with van der Waals surface area (Å²) in [4.78, 5) is 0. The third-order valence-corrected chi connectivity index (χ3v) is 2.78. The van der Waals surface area contributed by atoms with Crippen LogP contribution in [0.4, 0.5) is 0 Å². The molecule has 1 rings (SSSR count). The lowest BCUT2D eigenvalue weighted by molar-refractivity contribution is 0.560. The van der Waals surface area contributed by atoms with E-state index in [2.05, 4.69) is 36.9 Å². The molecule has 1 heterocycles. The van der Waals surface area contributed by atoms with Gasteiger partial charge in [-0.3, -0.25) is 16.3 Å². The summed E-state index contributed by atoms with van der Waals surface area (Å²) in [5.41, 5.74) is 9.23. The largest absolute Gasteiger partial charge is 0.463 e. The lowest BCUT2D eigenvalue weighted by Gasteiger charge is -2.05. The third-order valence-electron chi connectivity index (χ3n) is 2.30. The quantitative estimate of drug-likeness (QED) is 0.360.